The lowest BCUT2D eigenvalue weighted by atomic mass is 10.1. The van der Waals surface area contributed by atoms with Crippen LogP contribution in [0.5, 0.6) is 0 Å². The van der Waals surface area contributed by atoms with E-state index in [1.54, 1.807) is 24.3 Å². The number of rotatable bonds is 5. The van der Waals surface area contributed by atoms with Gasteiger partial charge in [-0.15, -0.1) is 0 Å². The van der Waals surface area contributed by atoms with E-state index in [1.807, 2.05) is 0 Å². The standard InChI is InChI=1S/C16H16N2O4S/c1-23(21,22)14-7-5-12(6-8-14)16(20)18-10-11-3-2-4-13(9-11)15(17)19/h2-9H,10H2,1H3,(H2,17,19)(H,18,20). The van der Waals surface area contributed by atoms with E-state index in [0.717, 1.165) is 11.8 Å². The number of carbonyl (C=O) groups excluding carboxylic acids is 2. The van der Waals surface area contributed by atoms with E-state index in [4.69, 9.17) is 5.73 Å². The van der Waals surface area contributed by atoms with E-state index in [9.17, 15) is 18.0 Å². The average molecular weight is 332 g/mol. The van der Waals surface area contributed by atoms with Gasteiger partial charge in [0.2, 0.25) is 5.91 Å². The Morgan fingerprint density at radius 2 is 1.70 bits per heavy atom. The summed E-state index contributed by atoms with van der Waals surface area (Å²) < 4.78 is 22.7. The number of benzene rings is 2. The summed E-state index contributed by atoms with van der Waals surface area (Å²) >= 11 is 0. The first kappa shape index (κ1) is 16.7. The molecule has 0 aliphatic rings. The van der Waals surface area contributed by atoms with Gasteiger partial charge in [-0.2, -0.15) is 0 Å². The number of nitrogens with two attached hydrogens (primary N) is 1. The third kappa shape index (κ3) is 4.40. The fourth-order valence-electron chi connectivity index (χ4n) is 1.97. The Morgan fingerprint density at radius 3 is 2.26 bits per heavy atom. The number of hydrogen-bond acceptors (Lipinski definition) is 4. The van der Waals surface area contributed by atoms with Crippen LogP contribution < -0.4 is 11.1 Å². The van der Waals surface area contributed by atoms with Crippen LogP contribution in [0.25, 0.3) is 0 Å². The quantitative estimate of drug-likeness (QED) is 0.855. The molecule has 0 radical (unpaired) electrons. The lowest BCUT2D eigenvalue weighted by Gasteiger charge is -2.07. The van der Waals surface area contributed by atoms with Crippen LogP contribution in [0.4, 0.5) is 0 Å². The molecule has 2 aromatic rings. The van der Waals surface area contributed by atoms with E-state index in [2.05, 4.69) is 5.32 Å². The van der Waals surface area contributed by atoms with Crippen LogP contribution in [-0.4, -0.2) is 26.5 Å². The minimum atomic E-state index is -3.29. The van der Waals surface area contributed by atoms with Crippen LogP contribution in [0.3, 0.4) is 0 Å². The molecule has 0 fully saturated rings. The zero-order valence-electron chi connectivity index (χ0n) is 12.4. The molecule has 0 unspecified atom stereocenters. The summed E-state index contributed by atoms with van der Waals surface area (Å²) in [4.78, 5) is 23.3. The molecule has 0 atom stereocenters. The normalized spacial score (nSPS) is 11.0. The maximum absolute atomic E-state index is 12.0. The summed E-state index contributed by atoms with van der Waals surface area (Å²) in [5.41, 5.74) is 6.66. The summed E-state index contributed by atoms with van der Waals surface area (Å²) in [5.74, 6) is -0.871. The molecule has 0 bridgehead atoms. The summed E-state index contributed by atoms with van der Waals surface area (Å²) in [6.45, 7) is 0.230. The van der Waals surface area contributed by atoms with Crippen molar-refractivity contribution in [2.24, 2.45) is 5.73 Å². The molecule has 120 valence electrons. The molecule has 0 saturated carbocycles. The average Bonchev–Trinajstić information content (AvgIpc) is 2.52. The Morgan fingerprint density at radius 1 is 1.04 bits per heavy atom. The maximum atomic E-state index is 12.0. The highest BCUT2D eigenvalue weighted by Crippen LogP contribution is 2.11. The van der Waals surface area contributed by atoms with Gasteiger partial charge in [0, 0.05) is 23.9 Å². The monoisotopic (exact) mass is 332 g/mol. The molecule has 7 heteroatoms. The van der Waals surface area contributed by atoms with Gasteiger partial charge in [-0.05, 0) is 42.0 Å². The smallest absolute Gasteiger partial charge is 0.251 e. The van der Waals surface area contributed by atoms with Crippen LogP contribution in [-0.2, 0) is 16.4 Å². The van der Waals surface area contributed by atoms with Crippen molar-refractivity contribution in [3.8, 4) is 0 Å². The number of nitrogens with one attached hydrogen (secondary N) is 1. The highest BCUT2D eigenvalue weighted by molar-refractivity contribution is 7.90. The van der Waals surface area contributed by atoms with Crippen molar-refractivity contribution in [3.63, 3.8) is 0 Å². The Kier molecular flexibility index (Phi) is 4.80. The molecule has 0 saturated heterocycles. The van der Waals surface area contributed by atoms with Crippen molar-refractivity contribution in [3.05, 3.63) is 65.2 Å². The third-order valence-corrected chi connectivity index (χ3v) is 4.34. The first-order chi connectivity index (χ1) is 10.8. The van der Waals surface area contributed by atoms with Gasteiger partial charge in [-0.25, -0.2) is 8.42 Å². The SMILES string of the molecule is CS(=O)(=O)c1ccc(C(=O)NCc2cccc(C(N)=O)c2)cc1. The van der Waals surface area contributed by atoms with Crippen LogP contribution in [0.2, 0.25) is 0 Å². The minimum absolute atomic E-state index is 0.156. The lowest BCUT2D eigenvalue weighted by molar-refractivity contribution is 0.0950. The van der Waals surface area contributed by atoms with Crippen molar-refractivity contribution >= 4 is 21.7 Å². The van der Waals surface area contributed by atoms with Crippen molar-refractivity contribution in [2.75, 3.05) is 6.26 Å². The van der Waals surface area contributed by atoms with E-state index in [-0.39, 0.29) is 17.3 Å². The first-order valence-corrected chi connectivity index (χ1v) is 8.63. The Balaban J connectivity index is 2.05. The molecule has 2 amide bonds. The zero-order chi connectivity index (χ0) is 17.0. The largest absolute Gasteiger partial charge is 0.366 e. The number of hydrogen-bond donors (Lipinski definition) is 2. The first-order valence-electron chi connectivity index (χ1n) is 6.74. The van der Waals surface area contributed by atoms with Gasteiger partial charge in [-0.1, -0.05) is 12.1 Å². The minimum Gasteiger partial charge on any atom is -0.366 e. The van der Waals surface area contributed by atoms with Gasteiger partial charge >= 0.3 is 0 Å². The molecular weight excluding hydrogens is 316 g/mol. The molecule has 2 aromatic carbocycles. The van der Waals surface area contributed by atoms with Crippen LogP contribution in [0, 0.1) is 0 Å². The summed E-state index contributed by atoms with van der Waals surface area (Å²) in [7, 11) is -3.29. The predicted octanol–water partition coefficient (Wildman–Crippen LogP) is 1.12. The Hall–Kier alpha value is -2.67. The lowest BCUT2D eigenvalue weighted by Crippen LogP contribution is -2.23. The molecular formula is C16H16N2O4S. The van der Waals surface area contributed by atoms with Gasteiger partial charge in [0.15, 0.2) is 9.84 Å². The second kappa shape index (κ2) is 6.62. The number of sulfone groups is 1. The van der Waals surface area contributed by atoms with E-state index >= 15 is 0 Å². The molecule has 0 aliphatic heterocycles. The topological polar surface area (TPSA) is 106 Å². The molecule has 0 aromatic heterocycles. The van der Waals surface area contributed by atoms with E-state index in [1.165, 1.54) is 24.3 Å². The zero-order valence-corrected chi connectivity index (χ0v) is 13.3. The van der Waals surface area contributed by atoms with Crippen molar-refractivity contribution in [2.45, 2.75) is 11.4 Å². The molecule has 6 nitrogen and oxygen atoms in total. The fourth-order valence-corrected chi connectivity index (χ4v) is 2.60. The van der Waals surface area contributed by atoms with Crippen molar-refractivity contribution in [1.29, 1.82) is 0 Å². The van der Waals surface area contributed by atoms with Crippen molar-refractivity contribution in [1.82, 2.24) is 5.32 Å². The molecule has 0 spiro atoms. The van der Waals surface area contributed by atoms with Crippen molar-refractivity contribution < 1.29 is 18.0 Å². The Labute approximate surface area is 134 Å². The number of carbonyl (C=O) groups is 2. The number of amides is 2. The van der Waals surface area contributed by atoms with Gasteiger partial charge in [-0.3, -0.25) is 9.59 Å². The summed E-state index contributed by atoms with van der Waals surface area (Å²) in [6, 6.07) is 12.3. The van der Waals surface area contributed by atoms with Gasteiger partial charge in [0.05, 0.1) is 4.90 Å². The van der Waals surface area contributed by atoms with E-state index in [0.29, 0.717) is 11.1 Å². The Bertz CT molecular complexity index is 843. The van der Waals surface area contributed by atoms with Gasteiger partial charge in [0.25, 0.3) is 5.91 Å². The molecule has 0 heterocycles. The predicted molar refractivity (Wildman–Crippen MR) is 85.7 cm³/mol. The van der Waals surface area contributed by atoms with Crippen LogP contribution in [0.15, 0.2) is 53.4 Å². The van der Waals surface area contributed by atoms with Gasteiger partial charge in [0.1, 0.15) is 0 Å². The summed E-state index contributed by atoms with van der Waals surface area (Å²) in [5, 5.41) is 2.70. The molecule has 0 aliphatic carbocycles. The third-order valence-electron chi connectivity index (χ3n) is 3.21. The van der Waals surface area contributed by atoms with Crippen LogP contribution in [0.1, 0.15) is 26.3 Å². The molecule has 3 N–H and O–H groups in total. The fraction of sp³-hybridized carbons (Fsp3) is 0.125. The summed E-state index contributed by atoms with van der Waals surface area (Å²) in [6.07, 6.45) is 1.10. The molecule has 2 rings (SSSR count). The highest BCUT2D eigenvalue weighted by Gasteiger charge is 2.10. The number of primary amides is 1. The molecule has 23 heavy (non-hydrogen) atoms. The maximum Gasteiger partial charge on any atom is 0.251 e. The van der Waals surface area contributed by atoms with Gasteiger partial charge < -0.3 is 11.1 Å². The van der Waals surface area contributed by atoms with E-state index < -0.39 is 15.7 Å². The second-order valence-corrected chi connectivity index (χ2v) is 7.06. The second-order valence-electron chi connectivity index (χ2n) is 5.04. The highest BCUT2D eigenvalue weighted by atomic mass is 32.2. The van der Waals surface area contributed by atoms with Crippen LogP contribution >= 0.6 is 0 Å².